The van der Waals surface area contributed by atoms with Crippen molar-refractivity contribution in [3.05, 3.63) is 90.0 Å². The number of amides is 3. The van der Waals surface area contributed by atoms with Crippen LogP contribution in [-0.2, 0) is 20.7 Å². The number of nitrogens with zero attached hydrogens (tertiary/aromatic N) is 7. The van der Waals surface area contributed by atoms with Gasteiger partial charge in [-0.3, -0.25) is 24.3 Å². The van der Waals surface area contributed by atoms with Crippen LogP contribution in [-0.4, -0.2) is 118 Å². The topological polar surface area (TPSA) is 148 Å². The quantitative estimate of drug-likeness (QED) is 0.144. The highest BCUT2D eigenvalue weighted by atomic mass is 16.6. The maximum atomic E-state index is 13.9. The lowest BCUT2D eigenvalue weighted by atomic mass is 9.84. The zero-order valence-corrected chi connectivity index (χ0v) is 38.4. The van der Waals surface area contributed by atoms with Crippen molar-refractivity contribution < 1.29 is 19.1 Å². The van der Waals surface area contributed by atoms with E-state index in [-0.39, 0.29) is 31.0 Å². The van der Waals surface area contributed by atoms with Crippen molar-refractivity contribution >= 4 is 35.0 Å². The number of anilines is 3. The maximum absolute atomic E-state index is 13.9. The van der Waals surface area contributed by atoms with Crippen LogP contribution in [0.1, 0.15) is 88.7 Å². The van der Waals surface area contributed by atoms with Gasteiger partial charge in [0.25, 0.3) is 5.91 Å². The van der Waals surface area contributed by atoms with Crippen LogP contribution in [0.3, 0.4) is 0 Å². The van der Waals surface area contributed by atoms with E-state index in [0.717, 1.165) is 142 Å². The van der Waals surface area contributed by atoms with Crippen molar-refractivity contribution in [1.29, 1.82) is 10.5 Å². The molecule has 2 aliphatic heterocycles. The third-order valence-electron chi connectivity index (χ3n) is 14.2. The standard InChI is InChI=1S/C52H69N9O4/c1-2-65-52(64)61(48-13-7-12-47(38-48)60-34-30-58(31-35-60)26-23-40-14-18-44(19-15-40)55-50(62)22-25-53)49(39-54)51(63)56-45-20-16-41(17-21-45)24-27-57-28-32-59(33-29-57)46-11-6-10-43(37-46)36-42-8-4-3-5-9-42/h3-13,37-38,40-41,44-45,49H,2,14-24,26-36H2,1H3,(H,55,62)(H,56,63). The molecule has 2 N–H and O–H groups in total. The number of piperazine rings is 2. The van der Waals surface area contributed by atoms with Gasteiger partial charge in [0.2, 0.25) is 11.9 Å². The average Bonchev–Trinajstić information content (AvgIpc) is 3.33. The van der Waals surface area contributed by atoms with Gasteiger partial charge in [-0.1, -0.05) is 48.5 Å². The molecule has 13 heteroatoms. The van der Waals surface area contributed by atoms with Crippen molar-refractivity contribution in [3.8, 4) is 12.1 Å². The summed E-state index contributed by atoms with van der Waals surface area (Å²) in [5, 5.41) is 25.3. The van der Waals surface area contributed by atoms with Crippen LogP contribution in [0.2, 0.25) is 0 Å². The van der Waals surface area contributed by atoms with E-state index in [9.17, 15) is 19.6 Å². The second-order valence-electron chi connectivity index (χ2n) is 18.5. The highest BCUT2D eigenvalue weighted by molar-refractivity contribution is 5.99. The van der Waals surface area contributed by atoms with Crippen molar-refractivity contribution in [2.45, 2.75) is 102 Å². The van der Waals surface area contributed by atoms with Crippen LogP contribution in [0.15, 0.2) is 78.9 Å². The summed E-state index contributed by atoms with van der Waals surface area (Å²) in [7, 11) is 0. The van der Waals surface area contributed by atoms with Gasteiger partial charge in [-0.2, -0.15) is 10.5 Å². The molecule has 3 aromatic carbocycles. The summed E-state index contributed by atoms with van der Waals surface area (Å²) >= 11 is 0. The Bertz CT molecular complexity index is 2070. The number of hydrogen-bond acceptors (Lipinski definition) is 10. The van der Waals surface area contributed by atoms with Gasteiger partial charge in [0, 0.05) is 75.8 Å². The van der Waals surface area contributed by atoms with Crippen molar-refractivity contribution in [2.75, 3.05) is 86.8 Å². The molecule has 1 unspecified atom stereocenters. The molecule has 0 radical (unpaired) electrons. The number of nitriles is 2. The first-order chi connectivity index (χ1) is 31.8. The highest BCUT2D eigenvalue weighted by Crippen LogP contribution is 2.31. The Labute approximate surface area is 386 Å². The molecule has 7 rings (SSSR count). The second kappa shape index (κ2) is 24.1. The molecule has 0 aromatic heterocycles. The molecule has 2 aliphatic carbocycles. The molecule has 4 fully saturated rings. The number of ether oxygens (including phenoxy) is 1. The Morgan fingerprint density at radius 3 is 1.77 bits per heavy atom. The molecule has 1 atom stereocenters. The lowest BCUT2D eigenvalue weighted by Crippen LogP contribution is -2.52. The first-order valence-electron chi connectivity index (χ1n) is 24.3. The molecule has 0 bridgehead atoms. The van der Waals surface area contributed by atoms with Gasteiger partial charge in [-0.25, -0.2) is 4.79 Å². The van der Waals surface area contributed by atoms with Gasteiger partial charge in [-0.05, 0) is 144 Å². The third-order valence-corrected chi connectivity index (χ3v) is 14.2. The molecule has 13 nitrogen and oxygen atoms in total. The minimum absolute atomic E-state index is 0.0414. The minimum atomic E-state index is -1.37. The van der Waals surface area contributed by atoms with Gasteiger partial charge < -0.3 is 25.2 Å². The van der Waals surface area contributed by atoms with Crippen molar-refractivity contribution in [3.63, 3.8) is 0 Å². The predicted octanol–water partition coefficient (Wildman–Crippen LogP) is 7.12. The molecule has 0 spiro atoms. The molecule has 3 aromatic rings. The van der Waals surface area contributed by atoms with Crippen molar-refractivity contribution in [1.82, 2.24) is 20.4 Å². The number of benzene rings is 3. The van der Waals surface area contributed by atoms with Gasteiger partial charge in [0.1, 0.15) is 6.42 Å². The molecular weight excluding hydrogens is 815 g/mol. The zero-order valence-electron chi connectivity index (χ0n) is 38.4. The van der Waals surface area contributed by atoms with E-state index in [2.05, 4.69) is 90.9 Å². The van der Waals surface area contributed by atoms with Gasteiger partial charge >= 0.3 is 6.09 Å². The fourth-order valence-electron chi connectivity index (χ4n) is 10.3. The van der Waals surface area contributed by atoms with E-state index >= 15 is 0 Å². The van der Waals surface area contributed by atoms with E-state index in [4.69, 9.17) is 10.00 Å². The number of carbonyl (C=O) groups excluding carboxylic acids is 3. The Balaban J connectivity index is 0.835. The number of rotatable bonds is 17. The number of hydrogen-bond donors (Lipinski definition) is 2. The average molecular weight is 884 g/mol. The van der Waals surface area contributed by atoms with E-state index in [1.165, 1.54) is 21.7 Å². The summed E-state index contributed by atoms with van der Waals surface area (Å²) in [5.41, 5.74) is 5.39. The van der Waals surface area contributed by atoms with Crippen LogP contribution >= 0.6 is 0 Å². The van der Waals surface area contributed by atoms with E-state index in [0.29, 0.717) is 17.5 Å². The van der Waals surface area contributed by atoms with E-state index in [1.807, 2.05) is 24.3 Å². The zero-order chi connectivity index (χ0) is 45.4. The fourth-order valence-corrected chi connectivity index (χ4v) is 10.3. The Kier molecular flexibility index (Phi) is 17.5. The highest BCUT2D eigenvalue weighted by Gasteiger charge is 2.35. The molecule has 346 valence electrons. The van der Waals surface area contributed by atoms with Crippen molar-refractivity contribution in [2.24, 2.45) is 11.8 Å². The largest absolute Gasteiger partial charge is 0.449 e. The molecule has 3 amide bonds. The van der Waals surface area contributed by atoms with Gasteiger partial charge in [0.05, 0.1) is 24.4 Å². The summed E-state index contributed by atoms with van der Waals surface area (Å²) < 4.78 is 5.43. The van der Waals surface area contributed by atoms with Crippen LogP contribution in [0, 0.1) is 34.5 Å². The number of carbonyl (C=O) groups is 3. The number of nitrogens with one attached hydrogen (secondary N) is 2. The van der Waals surface area contributed by atoms with Crippen LogP contribution in [0.25, 0.3) is 0 Å². The Morgan fingerprint density at radius 2 is 1.22 bits per heavy atom. The second-order valence-corrected chi connectivity index (χ2v) is 18.5. The molecule has 65 heavy (non-hydrogen) atoms. The lowest BCUT2D eigenvalue weighted by molar-refractivity contribution is -0.122. The summed E-state index contributed by atoms with van der Waals surface area (Å²) in [4.78, 5) is 50.3. The van der Waals surface area contributed by atoms with Gasteiger partial charge in [0.15, 0.2) is 0 Å². The van der Waals surface area contributed by atoms with Gasteiger partial charge in [-0.15, -0.1) is 0 Å². The van der Waals surface area contributed by atoms with E-state index in [1.54, 1.807) is 13.0 Å². The van der Waals surface area contributed by atoms with Crippen LogP contribution < -0.4 is 25.3 Å². The predicted molar refractivity (Wildman–Crippen MR) is 256 cm³/mol. The fraction of sp³-hybridized carbons (Fsp3) is 0.558. The van der Waals surface area contributed by atoms with Crippen LogP contribution in [0.4, 0.5) is 21.9 Å². The maximum Gasteiger partial charge on any atom is 0.415 e. The summed E-state index contributed by atoms with van der Waals surface area (Å²) in [5.74, 6) is 0.610. The molecule has 2 saturated carbocycles. The third kappa shape index (κ3) is 13.7. The monoisotopic (exact) mass is 884 g/mol. The first-order valence-corrected chi connectivity index (χ1v) is 24.3. The summed E-state index contributed by atoms with van der Waals surface area (Å²) in [6, 6.07) is 30.0. The molecule has 4 aliphatic rings. The first kappa shape index (κ1) is 47.3. The SMILES string of the molecule is CCOC(=O)N(c1cccc(N2CCN(CCC3CCC(NC(=O)CC#N)CC3)CC2)c1)C(C#N)C(=O)NC1CCC(CCN2CCN(c3cccc(Cc4ccccc4)c3)CC2)CC1. The Hall–Kier alpha value is -5.63. The van der Waals surface area contributed by atoms with E-state index < -0.39 is 18.0 Å². The summed E-state index contributed by atoms with van der Waals surface area (Å²) in [6.07, 6.45) is 10.3. The Morgan fingerprint density at radius 1 is 0.677 bits per heavy atom. The summed E-state index contributed by atoms with van der Waals surface area (Å²) in [6.45, 7) is 11.6. The smallest absolute Gasteiger partial charge is 0.415 e. The lowest BCUT2D eigenvalue weighted by Gasteiger charge is -2.38. The minimum Gasteiger partial charge on any atom is -0.449 e. The van der Waals surface area contributed by atoms with Crippen LogP contribution in [0.5, 0.6) is 0 Å². The molecular formula is C52H69N9O4. The normalized spacial score (nSPS) is 22.2. The molecule has 2 saturated heterocycles. The molecule has 2 heterocycles.